The zero-order valence-electron chi connectivity index (χ0n) is 11.5. The van der Waals surface area contributed by atoms with Gasteiger partial charge in [0.05, 0.1) is 0 Å². The normalized spacial score (nSPS) is 24.8. The van der Waals surface area contributed by atoms with Crippen molar-refractivity contribution in [3.8, 4) is 0 Å². The van der Waals surface area contributed by atoms with E-state index in [9.17, 15) is 14.4 Å². The van der Waals surface area contributed by atoms with Crippen LogP contribution in [0.4, 0.5) is 4.79 Å². The number of rotatable bonds is 3. The van der Waals surface area contributed by atoms with Crippen LogP contribution < -0.4 is 0 Å². The van der Waals surface area contributed by atoms with Gasteiger partial charge in [0.25, 0.3) is 5.91 Å². The van der Waals surface area contributed by atoms with Crippen molar-refractivity contribution in [2.45, 2.75) is 32.1 Å². The van der Waals surface area contributed by atoms with Gasteiger partial charge in [-0.15, -0.1) is 0 Å². The van der Waals surface area contributed by atoms with E-state index in [1.54, 1.807) is 0 Å². The minimum Gasteiger partial charge on any atom is -0.439 e. The molecule has 2 saturated heterocycles. The highest BCUT2D eigenvalue weighted by atomic mass is 16.6. The zero-order valence-corrected chi connectivity index (χ0v) is 11.5. The Kier molecular flexibility index (Phi) is 3.63. The minimum atomic E-state index is -0.549. The Morgan fingerprint density at radius 2 is 1.85 bits per heavy atom. The lowest BCUT2D eigenvalue weighted by atomic mass is 9.86. The molecule has 0 N–H and O–H groups in total. The Morgan fingerprint density at radius 3 is 2.45 bits per heavy atom. The molecule has 0 atom stereocenters. The number of likely N-dealkylation sites (tertiary alicyclic amines) is 1. The standard InChI is InChI=1S/C14H20N2O4/c17-12-9-20-14(19)16(12)8-10-6-15(7-10)13(18)11-4-2-1-3-5-11/h10-11H,1-9H2. The van der Waals surface area contributed by atoms with Crippen molar-refractivity contribution in [1.29, 1.82) is 0 Å². The fourth-order valence-corrected chi connectivity index (χ4v) is 3.29. The molecule has 20 heavy (non-hydrogen) atoms. The molecule has 0 radical (unpaired) electrons. The SMILES string of the molecule is O=C(C1CCCCC1)N1CC(CN2C(=O)COC2=O)C1. The summed E-state index contributed by atoms with van der Waals surface area (Å²) in [6, 6.07) is 0. The molecule has 0 aromatic rings. The first kappa shape index (κ1) is 13.4. The summed E-state index contributed by atoms with van der Waals surface area (Å²) in [7, 11) is 0. The highest BCUT2D eigenvalue weighted by Gasteiger charge is 2.39. The van der Waals surface area contributed by atoms with Gasteiger partial charge in [-0.25, -0.2) is 9.69 Å². The zero-order chi connectivity index (χ0) is 14.1. The summed E-state index contributed by atoms with van der Waals surface area (Å²) in [5.41, 5.74) is 0. The lowest BCUT2D eigenvalue weighted by Crippen LogP contribution is -2.56. The van der Waals surface area contributed by atoms with Gasteiger partial charge in [0.2, 0.25) is 5.91 Å². The van der Waals surface area contributed by atoms with Crippen LogP contribution in [0.25, 0.3) is 0 Å². The number of hydrogen-bond acceptors (Lipinski definition) is 4. The molecule has 6 heteroatoms. The molecule has 2 aliphatic heterocycles. The third-order valence-corrected chi connectivity index (χ3v) is 4.50. The van der Waals surface area contributed by atoms with E-state index in [0.717, 1.165) is 30.6 Å². The van der Waals surface area contributed by atoms with Crippen LogP contribution in [-0.4, -0.2) is 53.9 Å². The predicted molar refractivity (Wildman–Crippen MR) is 69.7 cm³/mol. The molecule has 3 rings (SSSR count). The van der Waals surface area contributed by atoms with Crippen LogP contribution in [0.15, 0.2) is 0 Å². The van der Waals surface area contributed by atoms with Gasteiger partial charge in [0.1, 0.15) is 0 Å². The van der Waals surface area contributed by atoms with Crippen molar-refractivity contribution >= 4 is 17.9 Å². The number of carbonyl (C=O) groups excluding carboxylic acids is 3. The predicted octanol–water partition coefficient (Wildman–Crippen LogP) is 1.00. The second kappa shape index (κ2) is 5.42. The lowest BCUT2D eigenvalue weighted by molar-refractivity contribution is -0.143. The Morgan fingerprint density at radius 1 is 1.15 bits per heavy atom. The summed E-state index contributed by atoms with van der Waals surface area (Å²) in [6.07, 6.45) is 5.02. The molecule has 3 aliphatic rings. The van der Waals surface area contributed by atoms with E-state index < -0.39 is 6.09 Å². The van der Waals surface area contributed by atoms with Gasteiger partial charge in [-0.05, 0) is 12.8 Å². The fourth-order valence-electron chi connectivity index (χ4n) is 3.29. The molecule has 0 aromatic carbocycles. The molecule has 110 valence electrons. The molecule has 1 saturated carbocycles. The van der Waals surface area contributed by atoms with Gasteiger partial charge < -0.3 is 9.64 Å². The molecule has 3 amide bonds. The Bertz CT molecular complexity index is 409. The molecule has 1 aliphatic carbocycles. The number of carbonyl (C=O) groups is 3. The number of imide groups is 1. The molecule has 6 nitrogen and oxygen atoms in total. The van der Waals surface area contributed by atoms with Crippen molar-refractivity contribution in [1.82, 2.24) is 9.80 Å². The summed E-state index contributed by atoms with van der Waals surface area (Å²) in [4.78, 5) is 38.0. The first-order valence-corrected chi connectivity index (χ1v) is 7.41. The Labute approximate surface area is 118 Å². The number of hydrogen-bond donors (Lipinski definition) is 0. The number of ether oxygens (including phenoxy) is 1. The third kappa shape index (κ3) is 2.51. The maximum atomic E-state index is 12.2. The second-order valence-corrected chi connectivity index (χ2v) is 6.00. The number of amides is 3. The molecule has 0 spiro atoms. The van der Waals surface area contributed by atoms with E-state index in [2.05, 4.69) is 4.74 Å². The maximum absolute atomic E-state index is 12.2. The van der Waals surface area contributed by atoms with E-state index in [4.69, 9.17) is 0 Å². The van der Waals surface area contributed by atoms with Crippen LogP contribution in [0.5, 0.6) is 0 Å². The van der Waals surface area contributed by atoms with Gasteiger partial charge >= 0.3 is 6.09 Å². The minimum absolute atomic E-state index is 0.143. The monoisotopic (exact) mass is 280 g/mol. The van der Waals surface area contributed by atoms with Crippen molar-refractivity contribution in [2.24, 2.45) is 11.8 Å². The molecule has 0 unspecified atom stereocenters. The van der Waals surface area contributed by atoms with Gasteiger partial charge in [0.15, 0.2) is 6.61 Å². The van der Waals surface area contributed by atoms with Crippen molar-refractivity contribution < 1.29 is 19.1 Å². The first-order chi connectivity index (χ1) is 9.65. The average Bonchev–Trinajstić information content (AvgIpc) is 2.73. The van der Waals surface area contributed by atoms with E-state index in [1.165, 1.54) is 6.42 Å². The van der Waals surface area contributed by atoms with Crippen LogP contribution in [0, 0.1) is 11.8 Å². The van der Waals surface area contributed by atoms with Crippen LogP contribution in [0.1, 0.15) is 32.1 Å². The van der Waals surface area contributed by atoms with Crippen LogP contribution in [-0.2, 0) is 14.3 Å². The highest BCUT2D eigenvalue weighted by Crippen LogP contribution is 2.28. The summed E-state index contributed by atoms with van der Waals surface area (Å²) < 4.78 is 4.67. The van der Waals surface area contributed by atoms with Crippen LogP contribution in [0.2, 0.25) is 0 Å². The topological polar surface area (TPSA) is 66.9 Å². The first-order valence-electron chi connectivity index (χ1n) is 7.41. The summed E-state index contributed by atoms with van der Waals surface area (Å²) >= 11 is 0. The van der Waals surface area contributed by atoms with Crippen molar-refractivity contribution in [3.63, 3.8) is 0 Å². The van der Waals surface area contributed by atoms with Gasteiger partial charge in [-0.3, -0.25) is 9.59 Å². The summed E-state index contributed by atoms with van der Waals surface area (Å²) in [5.74, 6) is 0.392. The average molecular weight is 280 g/mol. The molecular formula is C14H20N2O4. The van der Waals surface area contributed by atoms with Gasteiger partial charge in [-0.2, -0.15) is 0 Å². The molecule has 3 fully saturated rings. The van der Waals surface area contributed by atoms with E-state index in [0.29, 0.717) is 19.6 Å². The second-order valence-electron chi connectivity index (χ2n) is 6.00. The molecule has 0 bridgehead atoms. The lowest BCUT2D eigenvalue weighted by Gasteiger charge is -2.42. The Balaban J connectivity index is 1.45. The third-order valence-electron chi connectivity index (χ3n) is 4.50. The van der Waals surface area contributed by atoms with E-state index in [-0.39, 0.29) is 30.3 Å². The van der Waals surface area contributed by atoms with Gasteiger partial charge in [-0.1, -0.05) is 19.3 Å². The largest absolute Gasteiger partial charge is 0.439 e. The maximum Gasteiger partial charge on any atom is 0.417 e. The summed E-state index contributed by atoms with van der Waals surface area (Å²) in [5, 5.41) is 0. The molecular weight excluding hydrogens is 260 g/mol. The number of nitrogens with zero attached hydrogens (tertiary/aromatic N) is 2. The molecule has 2 heterocycles. The van der Waals surface area contributed by atoms with Gasteiger partial charge in [0, 0.05) is 31.5 Å². The van der Waals surface area contributed by atoms with Crippen molar-refractivity contribution in [3.05, 3.63) is 0 Å². The van der Waals surface area contributed by atoms with Crippen molar-refractivity contribution in [2.75, 3.05) is 26.2 Å². The van der Waals surface area contributed by atoms with Crippen LogP contribution in [0.3, 0.4) is 0 Å². The van der Waals surface area contributed by atoms with Crippen LogP contribution >= 0.6 is 0 Å². The quantitative estimate of drug-likeness (QED) is 0.773. The van der Waals surface area contributed by atoms with E-state index in [1.807, 2.05) is 4.90 Å². The number of cyclic esters (lactones) is 1. The summed E-state index contributed by atoms with van der Waals surface area (Å²) in [6.45, 7) is 1.56. The fraction of sp³-hybridized carbons (Fsp3) is 0.786. The molecule has 0 aromatic heterocycles. The smallest absolute Gasteiger partial charge is 0.417 e. The van der Waals surface area contributed by atoms with E-state index >= 15 is 0 Å². The Hall–Kier alpha value is -1.59. The highest BCUT2D eigenvalue weighted by molar-refractivity contribution is 5.97.